The molecule has 0 aromatic heterocycles. The highest BCUT2D eigenvalue weighted by Gasteiger charge is 2.25. The highest BCUT2D eigenvalue weighted by Crippen LogP contribution is 2.17. The quantitative estimate of drug-likeness (QED) is 0.613. The van der Waals surface area contributed by atoms with Gasteiger partial charge in [0.05, 0.1) is 12.7 Å². The van der Waals surface area contributed by atoms with E-state index in [2.05, 4.69) is 15.2 Å². The van der Waals surface area contributed by atoms with Crippen LogP contribution in [-0.4, -0.2) is 64.0 Å². The van der Waals surface area contributed by atoms with E-state index in [1.165, 1.54) is 19.3 Å². The molecule has 2 aliphatic heterocycles. The third kappa shape index (κ3) is 4.35. The zero-order valence-corrected chi connectivity index (χ0v) is 12.2. The summed E-state index contributed by atoms with van der Waals surface area (Å²) < 4.78 is 11.0. The Balaban J connectivity index is 1.74. The molecule has 110 valence electrons. The Morgan fingerprint density at radius 1 is 1.42 bits per heavy atom. The summed E-state index contributed by atoms with van der Waals surface area (Å²) in [5.74, 6) is 1.64. The topological polar surface area (TPSA) is 46.1 Å². The molecule has 0 aromatic carbocycles. The number of nitrogens with one attached hydrogen (secondary N) is 1. The minimum Gasteiger partial charge on any atom is -0.384 e. The number of hydrogen-bond acceptors (Lipinski definition) is 3. The van der Waals surface area contributed by atoms with E-state index in [-0.39, 0.29) is 0 Å². The first-order valence-electron chi connectivity index (χ1n) is 7.39. The van der Waals surface area contributed by atoms with Gasteiger partial charge in [-0.2, -0.15) is 0 Å². The summed E-state index contributed by atoms with van der Waals surface area (Å²) in [6, 6.07) is 0. The molecule has 1 N–H and O–H groups in total. The molecule has 0 spiro atoms. The van der Waals surface area contributed by atoms with Crippen molar-refractivity contribution in [2.24, 2.45) is 10.9 Å². The fraction of sp³-hybridized carbons (Fsp3) is 0.929. The van der Waals surface area contributed by atoms with Crippen LogP contribution < -0.4 is 5.32 Å². The first-order chi connectivity index (χ1) is 9.33. The fourth-order valence-electron chi connectivity index (χ4n) is 2.90. The largest absolute Gasteiger partial charge is 0.384 e. The van der Waals surface area contributed by atoms with Crippen molar-refractivity contribution in [3.05, 3.63) is 0 Å². The molecule has 2 atom stereocenters. The van der Waals surface area contributed by atoms with Crippen LogP contribution in [0.1, 0.15) is 25.7 Å². The third-order valence-electron chi connectivity index (χ3n) is 3.96. The lowest BCUT2D eigenvalue weighted by atomic mass is 10.1. The number of rotatable bonds is 4. The molecular weight excluding hydrogens is 242 g/mol. The minimum absolute atomic E-state index is 0.350. The van der Waals surface area contributed by atoms with E-state index in [0.29, 0.717) is 12.0 Å². The zero-order chi connectivity index (χ0) is 13.5. The van der Waals surface area contributed by atoms with Gasteiger partial charge in [-0.15, -0.1) is 0 Å². The lowest BCUT2D eigenvalue weighted by Gasteiger charge is -2.26. The molecule has 2 unspecified atom stereocenters. The van der Waals surface area contributed by atoms with Gasteiger partial charge in [0.2, 0.25) is 0 Å². The lowest BCUT2D eigenvalue weighted by molar-refractivity contribution is 0.0191. The van der Waals surface area contributed by atoms with Crippen molar-refractivity contribution in [3.8, 4) is 0 Å². The Labute approximate surface area is 116 Å². The van der Waals surface area contributed by atoms with Gasteiger partial charge in [0.25, 0.3) is 0 Å². The number of guanidine groups is 1. The molecule has 2 fully saturated rings. The summed E-state index contributed by atoms with van der Waals surface area (Å²) in [6.07, 6.45) is 5.19. The molecule has 0 amide bonds. The van der Waals surface area contributed by atoms with Gasteiger partial charge in [-0.1, -0.05) is 0 Å². The molecule has 0 aromatic rings. The van der Waals surface area contributed by atoms with Gasteiger partial charge in [0, 0.05) is 46.3 Å². The molecule has 19 heavy (non-hydrogen) atoms. The van der Waals surface area contributed by atoms with Crippen molar-refractivity contribution >= 4 is 5.96 Å². The predicted octanol–water partition coefficient (Wildman–Crippen LogP) is 1.10. The van der Waals surface area contributed by atoms with Gasteiger partial charge in [-0.25, -0.2) is 0 Å². The van der Waals surface area contributed by atoms with E-state index >= 15 is 0 Å². The number of aliphatic imine (C=N–C) groups is 1. The Morgan fingerprint density at radius 2 is 2.32 bits per heavy atom. The summed E-state index contributed by atoms with van der Waals surface area (Å²) in [4.78, 5) is 6.71. The van der Waals surface area contributed by atoms with E-state index in [1.807, 2.05) is 7.05 Å². The highest BCUT2D eigenvalue weighted by atomic mass is 16.5. The van der Waals surface area contributed by atoms with Gasteiger partial charge >= 0.3 is 0 Å². The molecule has 0 saturated carbocycles. The average molecular weight is 269 g/mol. The average Bonchev–Trinajstić information content (AvgIpc) is 2.90. The highest BCUT2D eigenvalue weighted by molar-refractivity contribution is 5.80. The van der Waals surface area contributed by atoms with Crippen LogP contribution in [0.4, 0.5) is 0 Å². The maximum Gasteiger partial charge on any atom is 0.193 e. The number of nitrogens with zero attached hydrogens (tertiary/aromatic N) is 2. The smallest absolute Gasteiger partial charge is 0.193 e. The second-order valence-corrected chi connectivity index (χ2v) is 5.47. The van der Waals surface area contributed by atoms with E-state index < -0.39 is 0 Å². The van der Waals surface area contributed by atoms with Crippen LogP contribution in [0.2, 0.25) is 0 Å². The number of hydrogen-bond donors (Lipinski definition) is 1. The molecule has 0 radical (unpaired) electrons. The van der Waals surface area contributed by atoms with Crippen LogP contribution >= 0.6 is 0 Å². The maximum atomic E-state index is 5.74. The lowest BCUT2D eigenvalue weighted by Crippen LogP contribution is -2.44. The summed E-state index contributed by atoms with van der Waals surface area (Å²) >= 11 is 0. The predicted molar refractivity (Wildman–Crippen MR) is 76.5 cm³/mol. The maximum absolute atomic E-state index is 5.74. The number of methoxy groups -OCH3 is 1. The molecular formula is C14H27N3O2. The van der Waals surface area contributed by atoms with Crippen LogP contribution in [0.15, 0.2) is 4.99 Å². The summed E-state index contributed by atoms with van der Waals surface area (Å²) in [6.45, 7) is 4.74. The van der Waals surface area contributed by atoms with Crippen molar-refractivity contribution in [2.75, 3.05) is 47.0 Å². The number of ether oxygens (including phenoxy) is 2. The van der Waals surface area contributed by atoms with Crippen molar-refractivity contribution in [3.63, 3.8) is 0 Å². The Morgan fingerprint density at radius 3 is 3.00 bits per heavy atom. The Hall–Kier alpha value is -0.810. The van der Waals surface area contributed by atoms with Crippen molar-refractivity contribution in [1.82, 2.24) is 10.2 Å². The van der Waals surface area contributed by atoms with Crippen LogP contribution in [0.25, 0.3) is 0 Å². The summed E-state index contributed by atoms with van der Waals surface area (Å²) in [5, 5.41) is 3.45. The van der Waals surface area contributed by atoms with E-state index in [0.717, 1.165) is 45.2 Å². The SMILES string of the molecule is CN=C(NCC1CCCCO1)N1CCC(COC)C1. The first kappa shape index (κ1) is 14.6. The standard InChI is InChI=1S/C14H27N3O2/c1-15-14(16-9-13-5-3-4-8-19-13)17-7-6-12(10-17)11-18-2/h12-13H,3-11H2,1-2H3,(H,15,16). The molecule has 5 nitrogen and oxygen atoms in total. The Kier molecular flexibility index (Phi) is 5.92. The molecule has 5 heteroatoms. The van der Waals surface area contributed by atoms with E-state index in [1.54, 1.807) is 7.11 Å². The fourth-order valence-corrected chi connectivity index (χ4v) is 2.90. The van der Waals surface area contributed by atoms with Gasteiger partial charge in [-0.05, 0) is 25.7 Å². The normalized spacial score (nSPS) is 28.7. The van der Waals surface area contributed by atoms with Gasteiger partial charge in [0.15, 0.2) is 5.96 Å². The van der Waals surface area contributed by atoms with E-state index in [9.17, 15) is 0 Å². The van der Waals surface area contributed by atoms with Crippen LogP contribution in [0.5, 0.6) is 0 Å². The molecule has 2 saturated heterocycles. The van der Waals surface area contributed by atoms with Crippen molar-refractivity contribution in [1.29, 1.82) is 0 Å². The van der Waals surface area contributed by atoms with E-state index in [4.69, 9.17) is 9.47 Å². The van der Waals surface area contributed by atoms with Gasteiger partial charge < -0.3 is 19.7 Å². The van der Waals surface area contributed by atoms with Crippen LogP contribution in [-0.2, 0) is 9.47 Å². The zero-order valence-electron chi connectivity index (χ0n) is 12.2. The van der Waals surface area contributed by atoms with Gasteiger partial charge in [-0.3, -0.25) is 4.99 Å². The summed E-state index contributed by atoms with van der Waals surface area (Å²) in [5.41, 5.74) is 0. The Bertz CT molecular complexity index is 290. The van der Waals surface area contributed by atoms with Gasteiger partial charge in [0.1, 0.15) is 0 Å². The monoisotopic (exact) mass is 269 g/mol. The molecule has 0 aliphatic carbocycles. The molecule has 2 heterocycles. The second kappa shape index (κ2) is 7.70. The van der Waals surface area contributed by atoms with Crippen molar-refractivity contribution < 1.29 is 9.47 Å². The van der Waals surface area contributed by atoms with Crippen molar-refractivity contribution in [2.45, 2.75) is 31.8 Å². The first-order valence-corrected chi connectivity index (χ1v) is 7.39. The third-order valence-corrected chi connectivity index (χ3v) is 3.96. The molecule has 2 aliphatic rings. The minimum atomic E-state index is 0.350. The number of likely N-dealkylation sites (tertiary alicyclic amines) is 1. The second-order valence-electron chi connectivity index (χ2n) is 5.47. The molecule has 2 rings (SSSR count). The van der Waals surface area contributed by atoms with Crippen LogP contribution in [0.3, 0.4) is 0 Å². The van der Waals surface area contributed by atoms with Crippen LogP contribution in [0, 0.1) is 5.92 Å². The summed E-state index contributed by atoms with van der Waals surface area (Å²) in [7, 11) is 3.63. The molecule has 0 bridgehead atoms.